The van der Waals surface area contributed by atoms with Crippen molar-refractivity contribution in [3.05, 3.63) is 70.8 Å². The van der Waals surface area contributed by atoms with E-state index in [4.69, 9.17) is 10.8 Å². The molecule has 3 atom stereocenters. The number of ketones is 1. The predicted molar refractivity (Wildman–Crippen MR) is 169 cm³/mol. The molecule has 0 aromatic heterocycles. The summed E-state index contributed by atoms with van der Waals surface area (Å²) >= 11 is 0. The van der Waals surface area contributed by atoms with Gasteiger partial charge in [0.05, 0.1) is 17.7 Å². The third kappa shape index (κ3) is 6.98. The molecule has 1 unspecified atom stereocenters. The lowest BCUT2D eigenvalue weighted by molar-refractivity contribution is -0.166. The number of rotatable bonds is 11. The van der Waals surface area contributed by atoms with Crippen molar-refractivity contribution in [1.29, 1.82) is 0 Å². The van der Waals surface area contributed by atoms with Crippen molar-refractivity contribution in [3.8, 4) is 0 Å². The van der Waals surface area contributed by atoms with Crippen molar-refractivity contribution in [2.45, 2.75) is 95.0 Å². The van der Waals surface area contributed by atoms with Crippen molar-refractivity contribution in [1.82, 2.24) is 15.1 Å². The Bertz CT molecular complexity index is 1360. The maximum absolute atomic E-state index is 13.9. The average Bonchev–Trinajstić information content (AvgIpc) is 3.07. The Morgan fingerprint density at radius 3 is 2.20 bits per heavy atom. The smallest absolute Gasteiger partial charge is 0.335 e. The van der Waals surface area contributed by atoms with Crippen molar-refractivity contribution in [2.75, 3.05) is 19.6 Å². The van der Waals surface area contributed by atoms with Crippen LogP contribution in [0, 0.1) is 5.92 Å². The van der Waals surface area contributed by atoms with Gasteiger partial charge in [0.25, 0.3) is 0 Å². The number of amides is 2. The van der Waals surface area contributed by atoms with Gasteiger partial charge in [0, 0.05) is 31.7 Å². The summed E-state index contributed by atoms with van der Waals surface area (Å²) in [6.45, 7) is 4.53. The molecule has 45 heavy (non-hydrogen) atoms. The number of aliphatic hydroxyl groups is 1. The number of nitrogens with one attached hydrogen (secondary N) is 1. The fourth-order valence-electron chi connectivity index (χ4n) is 7.23. The molecule has 3 aliphatic rings. The van der Waals surface area contributed by atoms with Gasteiger partial charge in [-0.1, -0.05) is 69.0 Å². The van der Waals surface area contributed by atoms with Gasteiger partial charge in [0.15, 0.2) is 5.78 Å². The number of piperidine rings is 1. The van der Waals surface area contributed by atoms with E-state index in [1.165, 1.54) is 24.3 Å². The highest BCUT2D eigenvalue weighted by atomic mass is 16.4. The van der Waals surface area contributed by atoms with Crippen molar-refractivity contribution < 1.29 is 29.4 Å². The van der Waals surface area contributed by atoms with Gasteiger partial charge in [-0.25, -0.2) is 4.79 Å². The first-order valence-electron chi connectivity index (χ1n) is 16.4. The topological polar surface area (TPSA) is 153 Å². The van der Waals surface area contributed by atoms with Gasteiger partial charge < -0.3 is 26.2 Å². The molecular formula is C35H46N4O6. The molecule has 1 saturated carbocycles. The highest BCUT2D eigenvalue weighted by Gasteiger charge is 2.55. The molecule has 3 fully saturated rings. The molecule has 242 valence electrons. The van der Waals surface area contributed by atoms with E-state index in [1.54, 1.807) is 4.90 Å². The van der Waals surface area contributed by atoms with Crippen LogP contribution in [0.2, 0.25) is 0 Å². The molecule has 2 amide bonds. The summed E-state index contributed by atoms with van der Waals surface area (Å²) < 4.78 is 0. The van der Waals surface area contributed by atoms with Crippen LogP contribution in [-0.2, 0) is 16.1 Å². The van der Waals surface area contributed by atoms with Gasteiger partial charge in [0.1, 0.15) is 11.6 Å². The van der Waals surface area contributed by atoms with E-state index in [1.807, 2.05) is 24.3 Å². The van der Waals surface area contributed by atoms with E-state index in [2.05, 4.69) is 17.1 Å². The summed E-state index contributed by atoms with van der Waals surface area (Å²) in [5.41, 5.74) is 7.53. The van der Waals surface area contributed by atoms with Gasteiger partial charge in [-0.05, 0) is 61.3 Å². The van der Waals surface area contributed by atoms with Gasteiger partial charge in [-0.3, -0.25) is 19.3 Å². The Kier molecular flexibility index (Phi) is 10.4. The monoisotopic (exact) mass is 618 g/mol. The van der Waals surface area contributed by atoms with Gasteiger partial charge >= 0.3 is 5.97 Å². The number of carboxylic acid groups (broad SMARTS) is 1. The fraction of sp³-hybridized carbons (Fsp3) is 0.543. The summed E-state index contributed by atoms with van der Waals surface area (Å²) in [6.07, 6.45) is 6.95. The molecule has 0 radical (unpaired) electrons. The van der Waals surface area contributed by atoms with Gasteiger partial charge in [0.2, 0.25) is 11.8 Å². The molecule has 2 aliphatic heterocycles. The Morgan fingerprint density at radius 1 is 0.978 bits per heavy atom. The van der Waals surface area contributed by atoms with Crippen LogP contribution in [0.4, 0.5) is 0 Å². The Labute approximate surface area is 265 Å². The third-order valence-corrected chi connectivity index (χ3v) is 10.1. The quantitative estimate of drug-likeness (QED) is 0.278. The Hall–Kier alpha value is -3.60. The molecular weight excluding hydrogens is 572 g/mol. The van der Waals surface area contributed by atoms with Crippen molar-refractivity contribution in [3.63, 3.8) is 0 Å². The van der Waals surface area contributed by atoms with Crippen LogP contribution in [0.5, 0.6) is 0 Å². The standard InChI is InChI=1S/C35H46N4O6/c1-2-3-19-39-32(42)29(31(41)25-7-5-4-6-8-25)37-34(45)35(39)17-20-38(21-18-35)22-23-9-11-24(12-10-23)28(36)30(40)26-13-15-27(16-14-26)33(43)44/h9-16,25,28-29,31,41H,2-8,17-22,36H2,1H3,(H,37,45)(H,43,44)/t28?,29-,31-/m1/s1. The minimum absolute atomic E-state index is 0.0429. The number of nitrogens with zero attached hydrogens (tertiary/aromatic N) is 2. The van der Waals surface area contributed by atoms with Crippen LogP contribution in [-0.4, -0.2) is 80.9 Å². The summed E-state index contributed by atoms with van der Waals surface area (Å²) in [6, 6.07) is 11.6. The van der Waals surface area contributed by atoms with Crippen LogP contribution in [0.3, 0.4) is 0 Å². The second kappa shape index (κ2) is 14.2. The Balaban J connectivity index is 1.21. The molecule has 5 N–H and O–H groups in total. The SMILES string of the molecule is CCCCN1C(=O)[C@@H]([C@H](O)C2CCCCC2)NC(=O)C12CCN(Cc1ccc(C(N)C(=O)c3ccc(C(=O)O)cc3)cc1)CC2. The number of hydrogen-bond donors (Lipinski definition) is 4. The van der Waals surface area contributed by atoms with E-state index in [0.29, 0.717) is 50.1 Å². The van der Waals surface area contributed by atoms with E-state index in [0.717, 1.165) is 50.5 Å². The second-order valence-corrected chi connectivity index (χ2v) is 13.0. The molecule has 10 nitrogen and oxygen atoms in total. The Morgan fingerprint density at radius 2 is 1.60 bits per heavy atom. The van der Waals surface area contributed by atoms with E-state index >= 15 is 0 Å². The zero-order valence-electron chi connectivity index (χ0n) is 26.1. The normalized spacial score (nSPS) is 22.2. The lowest BCUT2D eigenvalue weighted by Crippen LogP contribution is -2.75. The summed E-state index contributed by atoms with van der Waals surface area (Å²) in [5.74, 6) is -1.59. The van der Waals surface area contributed by atoms with Crippen LogP contribution in [0.1, 0.15) is 103 Å². The molecule has 5 rings (SSSR count). The van der Waals surface area contributed by atoms with Crippen molar-refractivity contribution >= 4 is 23.6 Å². The number of Topliss-reactive ketones (excluding diaryl/α,β-unsaturated/α-hetero) is 1. The zero-order valence-corrected chi connectivity index (χ0v) is 26.1. The summed E-state index contributed by atoms with van der Waals surface area (Å²) in [4.78, 5) is 55.7. The van der Waals surface area contributed by atoms with E-state index in [-0.39, 0.29) is 29.1 Å². The van der Waals surface area contributed by atoms with Crippen LogP contribution in [0.25, 0.3) is 0 Å². The molecule has 1 aliphatic carbocycles. The highest BCUT2D eigenvalue weighted by molar-refractivity contribution is 6.01. The molecule has 2 aromatic carbocycles. The number of piperazine rings is 1. The zero-order chi connectivity index (χ0) is 32.1. The molecule has 0 bridgehead atoms. The lowest BCUT2D eigenvalue weighted by atomic mass is 9.78. The van der Waals surface area contributed by atoms with Crippen molar-refractivity contribution in [2.24, 2.45) is 11.7 Å². The first-order chi connectivity index (χ1) is 21.6. The number of carbonyl (C=O) groups excluding carboxylic acids is 3. The molecule has 1 spiro atoms. The number of aliphatic hydroxyl groups excluding tert-OH is 1. The number of carboxylic acids is 1. The fourth-order valence-corrected chi connectivity index (χ4v) is 7.23. The number of benzene rings is 2. The average molecular weight is 619 g/mol. The molecule has 2 heterocycles. The van der Waals surface area contributed by atoms with E-state index in [9.17, 15) is 24.3 Å². The molecule has 2 saturated heterocycles. The van der Waals surface area contributed by atoms with Gasteiger partial charge in [-0.15, -0.1) is 0 Å². The minimum atomic E-state index is -1.06. The second-order valence-electron chi connectivity index (χ2n) is 13.0. The maximum atomic E-state index is 13.9. The van der Waals surface area contributed by atoms with Crippen LogP contribution >= 0.6 is 0 Å². The minimum Gasteiger partial charge on any atom is -0.478 e. The summed E-state index contributed by atoms with van der Waals surface area (Å²) in [7, 11) is 0. The van der Waals surface area contributed by atoms with Crippen LogP contribution < -0.4 is 11.1 Å². The third-order valence-electron chi connectivity index (χ3n) is 10.1. The molecule has 2 aromatic rings. The number of unbranched alkanes of at least 4 members (excludes halogenated alkanes) is 1. The predicted octanol–water partition coefficient (Wildman–Crippen LogP) is 3.67. The van der Waals surface area contributed by atoms with Gasteiger partial charge in [-0.2, -0.15) is 0 Å². The van der Waals surface area contributed by atoms with E-state index < -0.39 is 29.7 Å². The number of likely N-dealkylation sites (tertiary alicyclic amines) is 1. The first kappa shape index (κ1) is 32.8. The highest BCUT2D eigenvalue weighted by Crippen LogP contribution is 2.36. The number of aromatic carboxylic acids is 1. The first-order valence-corrected chi connectivity index (χ1v) is 16.4. The molecule has 10 heteroatoms. The summed E-state index contributed by atoms with van der Waals surface area (Å²) in [5, 5.41) is 23.2. The largest absolute Gasteiger partial charge is 0.478 e. The lowest BCUT2D eigenvalue weighted by Gasteiger charge is -2.52. The number of nitrogens with two attached hydrogens (primary N) is 1. The number of hydrogen-bond acceptors (Lipinski definition) is 7. The van der Waals surface area contributed by atoms with Crippen LogP contribution in [0.15, 0.2) is 48.5 Å². The number of carbonyl (C=O) groups is 4. The maximum Gasteiger partial charge on any atom is 0.335 e.